The van der Waals surface area contributed by atoms with Crippen LogP contribution in [0.3, 0.4) is 0 Å². The fourth-order valence-corrected chi connectivity index (χ4v) is 2.34. The van der Waals surface area contributed by atoms with Crippen LogP contribution in [0.4, 0.5) is 8.78 Å². The molecule has 104 valence electrons. The Kier molecular flexibility index (Phi) is 4.53. The molecule has 2 rings (SSSR count). The summed E-state index contributed by atoms with van der Waals surface area (Å²) in [6.45, 7) is 5.02. The predicted molar refractivity (Wildman–Crippen MR) is 70.8 cm³/mol. The number of hydrogen-bond donors (Lipinski definition) is 1. The van der Waals surface area contributed by atoms with Crippen molar-refractivity contribution in [2.75, 3.05) is 13.2 Å². The van der Waals surface area contributed by atoms with Crippen LogP contribution < -0.4 is 5.32 Å². The second-order valence-corrected chi connectivity index (χ2v) is 4.78. The number of ether oxygens (including phenoxy) is 1. The van der Waals surface area contributed by atoms with Gasteiger partial charge in [-0.1, -0.05) is 6.92 Å². The van der Waals surface area contributed by atoms with E-state index in [0.29, 0.717) is 24.3 Å². The number of likely N-dealkylation sites (N-methyl/N-ethyl adjacent to an activating group) is 1. The van der Waals surface area contributed by atoms with Gasteiger partial charge in [-0.2, -0.15) is 0 Å². The molecule has 0 radical (unpaired) electrons. The molecule has 4 heteroatoms. The molecular formula is C15H19F2NO. The molecule has 1 aliphatic heterocycles. The topological polar surface area (TPSA) is 21.3 Å². The molecule has 1 heterocycles. The number of halogens is 2. The third-order valence-electron chi connectivity index (χ3n) is 3.33. The molecule has 19 heavy (non-hydrogen) atoms. The standard InChI is InChI=1S/C15H19F2NO/c1-3-18-15(11-5-4-6-19-9-11)12-7-10(2)13(16)8-14(12)17/h7-9,15,18H,3-6H2,1-2H3. The van der Waals surface area contributed by atoms with Crippen molar-refractivity contribution in [3.05, 3.63) is 46.7 Å². The normalized spacial score (nSPS) is 16.7. The summed E-state index contributed by atoms with van der Waals surface area (Å²) < 4.78 is 32.7. The van der Waals surface area contributed by atoms with Crippen LogP contribution in [-0.2, 0) is 4.74 Å². The predicted octanol–water partition coefficient (Wildman–Crippen LogP) is 3.62. The molecule has 0 bridgehead atoms. The first-order valence-electron chi connectivity index (χ1n) is 6.63. The van der Waals surface area contributed by atoms with E-state index in [9.17, 15) is 8.78 Å². The molecule has 1 aromatic rings. The SMILES string of the molecule is CCNC(C1=COCCC1)c1cc(C)c(F)cc1F. The zero-order valence-corrected chi connectivity index (χ0v) is 11.3. The summed E-state index contributed by atoms with van der Waals surface area (Å²) in [6, 6.07) is 2.29. The summed E-state index contributed by atoms with van der Waals surface area (Å²) in [7, 11) is 0. The maximum atomic E-state index is 14.0. The molecule has 0 amide bonds. The van der Waals surface area contributed by atoms with Gasteiger partial charge in [0, 0.05) is 11.6 Å². The highest BCUT2D eigenvalue weighted by Gasteiger charge is 2.22. The van der Waals surface area contributed by atoms with Crippen molar-refractivity contribution in [2.24, 2.45) is 0 Å². The molecule has 1 unspecified atom stereocenters. The van der Waals surface area contributed by atoms with Crippen molar-refractivity contribution in [3.63, 3.8) is 0 Å². The summed E-state index contributed by atoms with van der Waals surface area (Å²) in [4.78, 5) is 0. The molecule has 1 atom stereocenters. The summed E-state index contributed by atoms with van der Waals surface area (Å²) in [5.41, 5.74) is 1.95. The van der Waals surface area contributed by atoms with E-state index in [0.717, 1.165) is 24.5 Å². The lowest BCUT2D eigenvalue weighted by Crippen LogP contribution is -2.25. The Bertz CT molecular complexity index is 485. The van der Waals surface area contributed by atoms with Gasteiger partial charge in [0.25, 0.3) is 0 Å². The number of hydrogen-bond acceptors (Lipinski definition) is 2. The second kappa shape index (κ2) is 6.15. The van der Waals surface area contributed by atoms with Crippen molar-refractivity contribution in [1.82, 2.24) is 5.32 Å². The fourth-order valence-electron chi connectivity index (χ4n) is 2.34. The lowest BCUT2D eigenvalue weighted by atomic mass is 9.93. The van der Waals surface area contributed by atoms with E-state index in [1.807, 2.05) is 6.92 Å². The maximum absolute atomic E-state index is 14.0. The number of benzene rings is 1. The Morgan fingerprint density at radius 1 is 1.32 bits per heavy atom. The molecule has 0 saturated heterocycles. The van der Waals surface area contributed by atoms with Crippen molar-refractivity contribution >= 4 is 0 Å². The molecule has 1 aliphatic rings. The minimum Gasteiger partial charge on any atom is -0.501 e. The minimum atomic E-state index is -0.513. The van der Waals surface area contributed by atoms with Crippen molar-refractivity contribution < 1.29 is 13.5 Å². The number of nitrogens with one attached hydrogen (secondary N) is 1. The van der Waals surface area contributed by atoms with Crippen molar-refractivity contribution in [1.29, 1.82) is 0 Å². The molecule has 0 aliphatic carbocycles. The van der Waals surface area contributed by atoms with E-state index in [2.05, 4.69) is 5.32 Å². The highest BCUT2D eigenvalue weighted by Crippen LogP contribution is 2.30. The van der Waals surface area contributed by atoms with Crippen LogP contribution in [0.5, 0.6) is 0 Å². The van der Waals surface area contributed by atoms with Gasteiger partial charge < -0.3 is 10.1 Å². The first-order valence-corrected chi connectivity index (χ1v) is 6.63. The Morgan fingerprint density at radius 2 is 2.11 bits per heavy atom. The van der Waals surface area contributed by atoms with Gasteiger partial charge in [-0.05, 0) is 43.5 Å². The third kappa shape index (κ3) is 3.13. The van der Waals surface area contributed by atoms with E-state index >= 15 is 0 Å². The van der Waals surface area contributed by atoms with Gasteiger partial charge in [-0.15, -0.1) is 0 Å². The lowest BCUT2D eigenvalue weighted by Gasteiger charge is -2.25. The maximum Gasteiger partial charge on any atom is 0.131 e. The molecule has 0 saturated carbocycles. The highest BCUT2D eigenvalue weighted by molar-refractivity contribution is 5.33. The zero-order chi connectivity index (χ0) is 13.8. The van der Waals surface area contributed by atoms with E-state index in [1.165, 1.54) is 0 Å². The molecule has 2 nitrogen and oxygen atoms in total. The molecule has 0 fully saturated rings. The molecular weight excluding hydrogens is 248 g/mol. The van der Waals surface area contributed by atoms with Crippen LogP contribution in [0.25, 0.3) is 0 Å². The van der Waals surface area contributed by atoms with Crippen LogP contribution in [0.1, 0.15) is 36.9 Å². The zero-order valence-electron chi connectivity index (χ0n) is 11.3. The quantitative estimate of drug-likeness (QED) is 0.899. The Hall–Kier alpha value is -1.42. The van der Waals surface area contributed by atoms with E-state index in [4.69, 9.17) is 4.74 Å². The highest BCUT2D eigenvalue weighted by atomic mass is 19.1. The minimum absolute atomic E-state index is 0.246. The summed E-state index contributed by atoms with van der Waals surface area (Å²) in [5, 5.41) is 3.25. The summed E-state index contributed by atoms with van der Waals surface area (Å²) in [5.74, 6) is -1.02. The van der Waals surface area contributed by atoms with Gasteiger partial charge in [-0.25, -0.2) is 8.78 Å². The smallest absolute Gasteiger partial charge is 0.131 e. The average Bonchev–Trinajstić information content (AvgIpc) is 2.42. The van der Waals surface area contributed by atoms with Crippen LogP contribution >= 0.6 is 0 Å². The Morgan fingerprint density at radius 3 is 2.74 bits per heavy atom. The number of aryl methyl sites for hydroxylation is 1. The van der Waals surface area contributed by atoms with Crippen LogP contribution in [-0.4, -0.2) is 13.2 Å². The molecule has 0 spiro atoms. The third-order valence-corrected chi connectivity index (χ3v) is 3.33. The van der Waals surface area contributed by atoms with Crippen LogP contribution in [0, 0.1) is 18.6 Å². The number of rotatable bonds is 4. The molecule has 1 aromatic carbocycles. The Balaban J connectivity index is 2.38. The van der Waals surface area contributed by atoms with E-state index in [-0.39, 0.29) is 6.04 Å². The van der Waals surface area contributed by atoms with Gasteiger partial charge in [0.05, 0.1) is 18.9 Å². The lowest BCUT2D eigenvalue weighted by molar-refractivity contribution is 0.219. The van der Waals surface area contributed by atoms with Crippen LogP contribution in [0.2, 0.25) is 0 Å². The molecule has 0 aromatic heterocycles. The van der Waals surface area contributed by atoms with Gasteiger partial charge in [-0.3, -0.25) is 0 Å². The summed E-state index contributed by atoms with van der Waals surface area (Å²) in [6.07, 6.45) is 3.50. The first-order chi connectivity index (χ1) is 9.13. The Labute approximate surface area is 112 Å². The monoisotopic (exact) mass is 267 g/mol. The van der Waals surface area contributed by atoms with Gasteiger partial charge in [0.2, 0.25) is 0 Å². The van der Waals surface area contributed by atoms with Crippen LogP contribution in [0.15, 0.2) is 24.0 Å². The second-order valence-electron chi connectivity index (χ2n) is 4.78. The first kappa shape index (κ1) is 14.0. The van der Waals surface area contributed by atoms with Gasteiger partial charge in [0.15, 0.2) is 0 Å². The summed E-state index contributed by atoms with van der Waals surface area (Å²) >= 11 is 0. The largest absolute Gasteiger partial charge is 0.501 e. The van der Waals surface area contributed by atoms with Gasteiger partial charge in [0.1, 0.15) is 11.6 Å². The van der Waals surface area contributed by atoms with Crippen molar-refractivity contribution in [3.8, 4) is 0 Å². The molecule has 1 N–H and O–H groups in total. The fraction of sp³-hybridized carbons (Fsp3) is 0.467. The van der Waals surface area contributed by atoms with Gasteiger partial charge >= 0.3 is 0 Å². The van der Waals surface area contributed by atoms with E-state index in [1.54, 1.807) is 19.3 Å². The average molecular weight is 267 g/mol. The van der Waals surface area contributed by atoms with Crippen molar-refractivity contribution in [2.45, 2.75) is 32.7 Å². The van der Waals surface area contributed by atoms with E-state index < -0.39 is 11.6 Å².